The molecule has 4 heteroatoms. The topological polar surface area (TPSA) is 57.6 Å². The average Bonchev–Trinajstić information content (AvgIpc) is 3.24. The number of fused-ring (bicyclic) bond motifs is 1. The number of carboxylic acid groups (broad SMARTS) is 1. The van der Waals surface area contributed by atoms with E-state index in [-0.39, 0.29) is 6.04 Å². The molecule has 100 valence electrons. The summed E-state index contributed by atoms with van der Waals surface area (Å²) in [5, 5.41) is 9.69. The first-order valence-electron chi connectivity index (χ1n) is 6.71. The first-order valence-corrected chi connectivity index (χ1v) is 6.71. The molecular weight excluding hydrogens is 242 g/mol. The molecule has 1 saturated carbocycles. The van der Waals surface area contributed by atoms with Gasteiger partial charge in [0.05, 0.1) is 0 Å². The lowest BCUT2D eigenvalue weighted by atomic mass is 9.77. The van der Waals surface area contributed by atoms with Crippen LogP contribution in [0.5, 0.6) is 0 Å². The van der Waals surface area contributed by atoms with Gasteiger partial charge in [0, 0.05) is 12.5 Å². The Labute approximate surface area is 112 Å². The molecule has 2 aliphatic rings. The van der Waals surface area contributed by atoms with Gasteiger partial charge in [0.1, 0.15) is 5.54 Å². The van der Waals surface area contributed by atoms with Crippen LogP contribution in [-0.2, 0) is 22.4 Å². The number of nitrogens with zero attached hydrogens (tertiary/aromatic N) is 1. The highest BCUT2D eigenvalue weighted by atomic mass is 16.4. The lowest BCUT2D eigenvalue weighted by Crippen LogP contribution is -2.58. The summed E-state index contributed by atoms with van der Waals surface area (Å²) in [6, 6.07) is 8.05. The predicted molar refractivity (Wildman–Crippen MR) is 69.8 cm³/mol. The molecule has 0 aliphatic heterocycles. The molecule has 0 saturated heterocycles. The van der Waals surface area contributed by atoms with Crippen LogP contribution in [0.1, 0.15) is 30.4 Å². The predicted octanol–water partition coefficient (Wildman–Crippen LogP) is 1.62. The first-order chi connectivity index (χ1) is 9.17. The highest BCUT2D eigenvalue weighted by molar-refractivity contribution is 5.83. The van der Waals surface area contributed by atoms with Crippen LogP contribution < -0.4 is 0 Å². The largest absolute Gasteiger partial charge is 0.479 e. The number of hydrogen-bond acceptors (Lipinski definition) is 2. The number of rotatable bonds is 4. The van der Waals surface area contributed by atoms with Gasteiger partial charge in [0.15, 0.2) is 0 Å². The maximum Gasteiger partial charge on any atom is 0.329 e. The van der Waals surface area contributed by atoms with E-state index in [0.717, 1.165) is 31.2 Å². The van der Waals surface area contributed by atoms with E-state index in [1.54, 1.807) is 4.90 Å². The molecule has 0 aromatic heterocycles. The number of aryl methyl sites for hydroxylation is 1. The van der Waals surface area contributed by atoms with Crippen molar-refractivity contribution >= 4 is 12.4 Å². The van der Waals surface area contributed by atoms with E-state index in [9.17, 15) is 14.7 Å². The fourth-order valence-electron chi connectivity index (χ4n) is 3.12. The Morgan fingerprint density at radius 1 is 1.32 bits per heavy atom. The molecule has 1 aromatic rings. The number of aliphatic carboxylic acids is 1. The Kier molecular flexibility index (Phi) is 2.81. The molecule has 0 heterocycles. The van der Waals surface area contributed by atoms with Crippen molar-refractivity contribution in [3.05, 3.63) is 35.4 Å². The SMILES string of the molecule is O=CN(C1CC1)C1(C(=O)O)CCc2ccccc2C1. The molecule has 2 aliphatic carbocycles. The van der Waals surface area contributed by atoms with Crippen molar-refractivity contribution in [2.24, 2.45) is 0 Å². The smallest absolute Gasteiger partial charge is 0.329 e. The van der Waals surface area contributed by atoms with E-state index in [2.05, 4.69) is 0 Å². The van der Waals surface area contributed by atoms with E-state index in [1.165, 1.54) is 5.56 Å². The molecule has 19 heavy (non-hydrogen) atoms. The van der Waals surface area contributed by atoms with Crippen LogP contribution in [0.3, 0.4) is 0 Å². The molecule has 1 amide bonds. The molecule has 3 rings (SSSR count). The summed E-state index contributed by atoms with van der Waals surface area (Å²) < 4.78 is 0. The van der Waals surface area contributed by atoms with Gasteiger partial charge in [-0.05, 0) is 36.8 Å². The fourth-order valence-corrected chi connectivity index (χ4v) is 3.12. The Hall–Kier alpha value is -1.84. The minimum absolute atomic E-state index is 0.124. The van der Waals surface area contributed by atoms with Crippen LogP contribution in [0.15, 0.2) is 24.3 Å². The number of carboxylic acids is 1. The van der Waals surface area contributed by atoms with E-state index in [0.29, 0.717) is 12.8 Å². The molecule has 1 aromatic carbocycles. The quantitative estimate of drug-likeness (QED) is 0.836. The molecule has 1 fully saturated rings. The Morgan fingerprint density at radius 2 is 2.00 bits per heavy atom. The van der Waals surface area contributed by atoms with Crippen molar-refractivity contribution in [1.29, 1.82) is 0 Å². The molecule has 1 N–H and O–H groups in total. The standard InChI is InChI=1S/C15H17NO3/c17-10-16(13-5-6-13)15(14(18)19)8-7-11-3-1-2-4-12(11)9-15/h1-4,10,13H,5-9H2,(H,18,19). The van der Waals surface area contributed by atoms with E-state index in [4.69, 9.17) is 0 Å². The number of amides is 1. The molecule has 1 atom stereocenters. The summed E-state index contributed by atoms with van der Waals surface area (Å²) in [4.78, 5) is 24.7. The van der Waals surface area contributed by atoms with E-state index >= 15 is 0 Å². The lowest BCUT2D eigenvalue weighted by molar-refractivity contribution is -0.157. The molecule has 4 nitrogen and oxygen atoms in total. The second kappa shape index (κ2) is 4.37. The van der Waals surface area contributed by atoms with Crippen molar-refractivity contribution < 1.29 is 14.7 Å². The van der Waals surface area contributed by atoms with Gasteiger partial charge in [-0.3, -0.25) is 4.79 Å². The van der Waals surface area contributed by atoms with Crippen molar-refractivity contribution in [3.63, 3.8) is 0 Å². The number of benzene rings is 1. The Morgan fingerprint density at radius 3 is 2.58 bits per heavy atom. The Bertz CT molecular complexity index is 524. The minimum Gasteiger partial charge on any atom is -0.479 e. The van der Waals surface area contributed by atoms with Gasteiger partial charge in [-0.15, -0.1) is 0 Å². The third kappa shape index (κ3) is 1.91. The summed E-state index contributed by atoms with van der Waals surface area (Å²) in [7, 11) is 0. The first kappa shape index (κ1) is 12.2. The summed E-state index contributed by atoms with van der Waals surface area (Å²) in [6.07, 6.45) is 4.24. The summed E-state index contributed by atoms with van der Waals surface area (Å²) in [6.45, 7) is 0. The Balaban J connectivity index is 1.99. The zero-order valence-electron chi connectivity index (χ0n) is 10.7. The number of hydrogen-bond donors (Lipinski definition) is 1. The highest BCUT2D eigenvalue weighted by Crippen LogP contribution is 2.39. The van der Waals surface area contributed by atoms with Gasteiger partial charge in [0.25, 0.3) is 0 Å². The third-order valence-corrected chi connectivity index (χ3v) is 4.36. The highest BCUT2D eigenvalue weighted by Gasteiger charge is 2.50. The van der Waals surface area contributed by atoms with Crippen molar-refractivity contribution in [2.45, 2.75) is 43.7 Å². The van der Waals surface area contributed by atoms with Crippen LogP contribution in [0.4, 0.5) is 0 Å². The molecule has 0 spiro atoms. The lowest BCUT2D eigenvalue weighted by Gasteiger charge is -2.42. The fraction of sp³-hybridized carbons (Fsp3) is 0.467. The average molecular weight is 259 g/mol. The van der Waals surface area contributed by atoms with Crippen molar-refractivity contribution in [1.82, 2.24) is 4.90 Å². The van der Waals surface area contributed by atoms with Crippen LogP contribution >= 0.6 is 0 Å². The van der Waals surface area contributed by atoms with Gasteiger partial charge >= 0.3 is 5.97 Å². The maximum absolute atomic E-state index is 11.8. The van der Waals surface area contributed by atoms with Gasteiger partial charge < -0.3 is 10.0 Å². The number of carbonyl (C=O) groups excluding carboxylic acids is 1. The molecular formula is C15H17NO3. The second-order valence-electron chi connectivity index (χ2n) is 5.53. The zero-order valence-corrected chi connectivity index (χ0v) is 10.7. The van der Waals surface area contributed by atoms with Gasteiger partial charge in [-0.2, -0.15) is 0 Å². The van der Waals surface area contributed by atoms with Gasteiger partial charge in [-0.25, -0.2) is 4.79 Å². The summed E-state index contributed by atoms with van der Waals surface area (Å²) >= 11 is 0. The van der Waals surface area contributed by atoms with Crippen molar-refractivity contribution in [2.75, 3.05) is 0 Å². The van der Waals surface area contributed by atoms with Crippen LogP contribution in [0.25, 0.3) is 0 Å². The monoisotopic (exact) mass is 259 g/mol. The second-order valence-corrected chi connectivity index (χ2v) is 5.53. The summed E-state index contributed by atoms with van der Waals surface area (Å²) in [5.74, 6) is -0.874. The van der Waals surface area contributed by atoms with Gasteiger partial charge in [0.2, 0.25) is 6.41 Å². The summed E-state index contributed by atoms with van der Waals surface area (Å²) in [5.41, 5.74) is 1.22. The van der Waals surface area contributed by atoms with Crippen LogP contribution in [0.2, 0.25) is 0 Å². The zero-order chi connectivity index (χ0) is 13.5. The molecule has 1 unspecified atom stereocenters. The molecule has 0 bridgehead atoms. The molecule has 0 radical (unpaired) electrons. The maximum atomic E-state index is 11.8. The van der Waals surface area contributed by atoms with Crippen LogP contribution in [-0.4, -0.2) is 34.0 Å². The minimum atomic E-state index is -1.04. The normalized spacial score (nSPS) is 25.5. The van der Waals surface area contributed by atoms with Gasteiger partial charge in [-0.1, -0.05) is 24.3 Å². The van der Waals surface area contributed by atoms with Crippen molar-refractivity contribution in [3.8, 4) is 0 Å². The van der Waals surface area contributed by atoms with E-state index in [1.807, 2.05) is 24.3 Å². The third-order valence-electron chi connectivity index (χ3n) is 4.36. The van der Waals surface area contributed by atoms with E-state index < -0.39 is 11.5 Å². The van der Waals surface area contributed by atoms with Crippen LogP contribution in [0, 0.1) is 0 Å². The number of carbonyl (C=O) groups is 2.